The average molecular weight is 369 g/mol. The molecule has 2 aromatic carbocycles. The van der Waals surface area contributed by atoms with Crippen LogP contribution in [0.5, 0.6) is 0 Å². The molecule has 0 heterocycles. The number of hydrogen-bond donors (Lipinski definition) is 2. The van der Waals surface area contributed by atoms with Crippen molar-refractivity contribution in [1.82, 2.24) is 10.2 Å². The molecule has 5 nitrogen and oxygen atoms in total. The molecular formula is C21H24FN3O2. The number of amides is 2. The third-order valence-electron chi connectivity index (χ3n) is 4.66. The zero-order valence-electron chi connectivity index (χ0n) is 15.4. The summed E-state index contributed by atoms with van der Waals surface area (Å²) >= 11 is 0. The van der Waals surface area contributed by atoms with Crippen molar-refractivity contribution < 1.29 is 14.0 Å². The van der Waals surface area contributed by atoms with E-state index in [1.54, 1.807) is 11.9 Å². The second kappa shape index (κ2) is 8.77. The number of likely N-dealkylation sites (N-methyl/N-ethyl adjacent to an activating group) is 1. The molecule has 0 saturated carbocycles. The Morgan fingerprint density at radius 1 is 1.07 bits per heavy atom. The molecule has 0 spiro atoms. The van der Waals surface area contributed by atoms with Crippen molar-refractivity contribution in [2.24, 2.45) is 0 Å². The number of nitrogens with one attached hydrogen (secondary N) is 2. The second-order valence-electron chi connectivity index (χ2n) is 6.94. The fraction of sp³-hybridized carbons (Fsp3) is 0.333. The molecule has 0 aliphatic heterocycles. The molecule has 2 aromatic rings. The molecule has 0 unspecified atom stereocenters. The zero-order valence-corrected chi connectivity index (χ0v) is 15.4. The third kappa shape index (κ3) is 5.37. The van der Waals surface area contributed by atoms with Gasteiger partial charge in [0.2, 0.25) is 11.8 Å². The minimum atomic E-state index is -0.355. The fourth-order valence-corrected chi connectivity index (χ4v) is 3.42. The van der Waals surface area contributed by atoms with Gasteiger partial charge in [0.05, 0.1) is 19.1 Å². The van der Waals surface area contributed by atoms with Crippen molar-refractivity contribution in [3.05, 3.63) is 65.5 Å². The smallest absolute Gasteiger partial charge is 0.238 e. The summed E-state index contributed by atoms with van der Waals surface area (Å²) in [5.41, 5.74) is 3.01. The van der Waals surface area contributed by atoms with E-state index in [0.717, 1.165) is 19.3 Å². The summed E-state index contributed by atoms with van der Waals surface area (Å²) in [4.78, 5) is 26.1. The molecule has 0 fully saturated rings. The quantitative estimate of drug-likeness (QED) is 0.823. The number of anilines is 1. The number of fused-ring (bicyclic) bond motifs is 1. The van der Waals surface area contributed by atoms with Gasteiger partial charge in [-0.3, -0.25) is 14.5 Å². The van der Waals surface area contributed by atoms with Gasteiger partial charge in [0.1, 0.15) is 5.82 Å². The van der Waals surface area contributed by atoms with Crippen LogP contribution in [0.2, 0.25) is 0 Å². The van der Waals surface area contributed by atoms with Gasteiger partial charge < -0.3 is 10.6 Å². The molecule has 27 heavy (non-hydrogen) atoms. The lowest BCUT2D eigenvalue weighted by Crippen LogP contribution is -2.40. The van der Waals surface area contributed by atoms with Crippen LogP contribution in [-0.2, 0) is 16.0 Å². The van der Waals surface area contributed by atoms with Crippen LogP contribution in [0, 0.1) is 5.82 Å². The molecule has 142 valence electrons. The Morgan fingerprint density at radius 3 is 2.56 bits per heavy atom. The normalized spacial score (nSPS) is 15.9. The van der Waals surface area contributed by atoms with Crippen LogP contribution >= 0.6 is 0 Å². The van der Waals surface area contributed by atoms with Crippen LogP contribution in [0.1, 0.15) is 30.0 Å². The SMILES string of the molecule is CN(CC(=O)Nc1ccc(F)cc1)CC(=O)N[C@H]1CCCc2ccccc21. The van der Waals surface area contributed by atoms with E-state index in [0.29, 0.717) is 5.69 Å². The van der Waals surface area contributed by atoms with E-state index in [2.05, 4.69) is 22.8 Å². The Balaban J connectivity index is 1.48. The van der Waals surface area contributed by atoms with Crippen molar-refractivity contribution >= 4 is 17.5 Å². The summed E-state index contributed by atoms with van der Waals surface area (Å²) in [5, 5.41) is 5.77. The zero-order chi connectivity index (χ0) is 19.2. The van der Waals surface area contributed by atoms with Gasteiger partial charge in [0.15, 0.2) is 0 Å². The number of aryl methyl sites for hydroxylation is 1. The van der Waals surface area contributed by atoms with E-state index < -0.39 is 0 Å². The lowest BCUT2D eigenvalue weighted by atomic mass is 9.88. The maximum atomic E-state index is 12.9. The van der Waals surface area contributed by atoms with Crippen molar-refractivity contribution in [3.8, 4) is 0 Å². The third-order valence-corrected chi connectivity index (χ3v) is 4.66. The van der Waals surface area contributed by atoms with Gasteiger partial charge in [-0.1, -0.05) is 24.3 Å². The maximum absolute atomic E-state index is 12.9. The van der Waals surface area contributed by atoms with E-state index in [1.165, 1.54) is 35.4 Å². The van der Waals surface area contributed by atoms with Crippen LogP contribution < -0.4 is 10.6 Å². The van der Waals surface area contributed by atoms with Gasteiger partial charge in [-0.25, -0.2) is 4.39 Å². The number of rotatable bonds is 6. The predicted molar refractivity (Wildman–Crippen MR) is 103 cm³/mol. The summed E-state index contributed by atoms with van der Waals surface area (Å²) < 4.78 is 12.9. The summed E-state index contributed by atoms with van der Waals surface area (Å²) in [6.45, 7) is 0.210. The van der Waals surface area contributed by atoms with Crippen LogP contribution in [-0.4, -0.2) is 36.9 Å². The van der Waals surface area contributed by atoms with Gasteiger partial charge in [-0.2, -0.15) is 0 Å². The predicted octanol–water partition coefficient (Wildman–Crippen LogP) is 2.89. The minimum Gasteiger partial charge on any atom is -0.348 e. The van der Waals surface area contributed by atoms with E-state index in [-0.39, 0.29) is 36.8 Å². The number of nitrogens with zero attached hydrogens (tertiary/aromatic N) is 1. The molecular weight excluding hydrogens is 345 g/mol. The topological polar surface area (TPSA) is 61.4 Å². The molecule has 3 rings (SSSR count). The number of benzene rings is 2. The van der Waals surface area contributed by atoms with Crippen LogP contribution in [0.25, 0.3) is 0 Å². The molecule has 0 radical (unpaired) electrons. The highest BCUT2D eigenvalue weighted by atomic mass is 19.1. The molecule has 1 aliphatic rings. The lowest BCUT2D eigenvalue weighted by molar-refractivity contribution is -0.123. The molecule has 2 N–H and O–H groups in total. The summed E-state index contributed by atoms with van der Waals surface area (Å²) in [5.74, 6) is -0.709. The maximum Gasteiger partial charge on any atom is 0.238 e. The van der Waals surface area contributed by atoms with E-state index in [1.807, 2.05) is 12.1 Å². The number of carbonyl (C=O) groups excluding carboxylic acids is 2. The highest BCUT2D eigenvalue weighted by Gasteiger charge is 2.22. The molecule has 6 heteroatoms. The minimum absolute atomic E-state index is 0.0314. The van der Waals surface area contributed by atoms with Crippen LogP contribution in [0.4, 0.5) is 10.1 Å². The van der Waals surface area contributed by atoms with Crippen LogP contribution in [0.15, 0.2) is 48.5 Å². The van der Waals surface area contributed by atoms with E-state index in [4.69, 9.17) is 0 Å². The first-order valence-electron chi connectivity index (χ1n) is 9.12. The first kappa shape index (κ1) is 19.0. The number of carbonyl (C=O) groups is 2. The van der Waals surface area contributed by atoms with Gasteiger partial charge in [-0.05, 0) is 61.7 Å². The molecule has 0 saturated heterocycles. The monoisotopic (exact) mass is 369 g/mol. The average Bonchev–Trinajstić information content (AvgIpc) is 2.63. The molecule has 1 aliphatic carbocycles. The van der Waals surface area contributed by atoms with Gasteiger partial charge in [0, 0.05) is 5.69 Å². The van der Waals surface area contributed by atoms with E-state index >= 15 is 0 Å². The number of halogens is 1. The van der Waals surface area contributed by atoms with Crippen molar-refractivity contribution in [3.63, 3.8) is 0 Å². The number of hydrogen-bond acceptors (Lipinski definition) is 3. The second-order valence-corrected chi connectivity index (χ2v) is 6.94. The van der Waals surface area contributed by atoms with Gasteiger partial charge in [-0.15, -0.1) is 0 Å². The largest absolute Gasteiger partial charge is 0.348 e. The van der Waals surface area contributed by atoms with Crippen molar-refractivity contribution in [2.75, 3.05) is 25.5 Å². The Hall–Kier alpha value is -2.73. The fourth-order valence-electron chi connectivity index (χ4n) is 3.42. The Morgan fingerprint density at radius 2 is 1.78 bits per heavy atom. The molecule has 0 bridgehead atoms. The molecule has 0 aromatic heterocycles. The van der Waals surface area contributed by atoms with Crippen molar-refractivity contribution in [1.29, 1.82) is 0 Å². The Labute approximate surface area is 158 Å². The summed E-state index contributed by atoms with van der Waals surface area (Å²) in [7, 11) is 1.72. The standard InChI is InChI=1S/C21H24FN3O2/c1-25(13-20(26)23-17-11-9-16(22)10-12-17)14-21(27)24-19-8-4-6-15-5-2-3-7-18(15)19/h2-3,5,7,9-12,19H,4,6,8,13-14H2,1H3,(H,23,26)(H,24,27)/t19-/m0/s1. The van der Waals surface area contributed by atoms with Gasteiger partial charge in [0.25, 0.3) is 0 Å². The summed E-state index contributed by atoms with van der Waals surface area (Å²) in [6, 6.07) is 13.8. The first-order valence-corrected chi connectivity index (χ1v) is 9.12. The highest BCUT2D eigenvalue weighted by Crippen LogP contribution is 2.29. The summed E-state index contributed by atoms with van der Waals surface area (Å²) in [6.07, 6.45) is 3.03. The van der Waals surface area contributed by atoms with Crippen molar-refractivity contribution in [2.45, 2.75) is 25.3 Å². The van der Waals surface area contributed by atoms with Gasteiger partial charge >= 0.3 is 0 Å². The Bertz CT molecular complexity index is 807. The highest BCUT2D eigenvalue weighted by molar-refractivity contribution is 5.92. The van der Waals surface area contributed by atoms with Crippen LogP contribution in [0.3, 0.4) is 0 Å². The first-order chi connectivity index (χ1) is 13.0. The van der Waals surface area contributed by atoms with E-state index in [9.17, 15) is 14.0 Å². The lowest BCUT2D eigenvalue weighted by Gasteiger charge is -2.27. The Kier molecular flexibility index (Phi) is 6.19. The molecule has 2 amide bonds. The molecule has 1 atom stereocenters.